The lowest BCUT2D eigenvalue weighted by Crippen LogP contribution is -2.38. The second-order valence-electron chi connectivity index (χ2n) is 5.22. The summed E-state index contributed by atoms with van der Waals surface area (Å²) in [5.74, 6) is 0.640. The van der Waals surface area contributed by atoms with Crippen molar-refractivity contribution in [3.63, 3.8) is 0 Å². The maximum Gasteiger partial charge on any atom is 0.243 e. The summed E-state index contributed by atoms with van der Waals surface area (Å²) in [7, 11) is 0. The average Bonchev–Trinajstić information content (AvgIpc) is 2.87. The molecule has 1 atom stereocenters. The third-order valence-electron chi connectivity index (χ3n) is 3.24. The number of tetrazole rings is 1. The highest BCUT2D eigenvalue weighted by atomic mass is 35.5. The summed E-state index contributed by atoms with van der Waals surface area (Å²) >= 11 is 6.08. The van der Waals surface area contributed by atoms with Gasteiger partial charge >= 0.3 is 0 Å². The highest BCUT2D eigenvalue weighted by Crippen LogP contribution is 2.23. The van der Waals surface area contributed by atoms with E-state index in [1.165, 1.54) is 4.80 Å². The van der Waals surface area contributed by atoms with Crippen molar-refractivity contribution < 1.29 is 4.79 Å². The Morgan fingerprint density at radius 1 is 1.33 bits per heavy atom. The van der Waals surface area contributed by atoms with Crippen molar-refractivity contribution in [2.45, 2.75) is 33.4 Å². The van der Waals surface area contributed by atoms with Crippen LogP contribution in [-0.4, -0.2) is 32.2 Å². The molecule has 7 heteroatoms. The van der Waals surface area contributed by atoms with Crippen LogP contribution in [0.25, 0.3) is 11.4 Å². The molecular formula is C14H18ClN5O. The fraction of sp³-hybridized carbons (Fsp3) is 0.429. The van der Waals surface area contributed by atoms with E-state index in [4.69, 9.17) is 11.6 Å². The maximum absolute atomic E-state index is 11.9. The zero-order valence-corrected chi connectivity index (χ0v) is 13.0. The van der Waals surface area contributed by atoms with Crippen LogP contribution in [-0.2, 0) is 11.3 Å². The highest BCUT2D eigenvalue weighted by Gasteiger charge is 2.14. The summed E-state index contributed by atoms with van der Waals surface area (Å²) < 4.78 is 0. The number of carbonyl (C=O) groups excluding carboxylic acids is 1. The van der Waals surface area contributed by atoms with Crippen molar-refractivity contribution in [2.24, 2.45) is 5.92 Å². The monoisotopic (exact) mass is 307 g/mol. The number of nitrogens with one attached hydrogen (secondary N) is 1. The van der Waals surface area contributed by atoms with Gasteiger partial charge in [-0.15, -0.1) is 10.2 Å². The van der Waals surface area contributed by atoms with E-state index in [-0.39, 0.29) is 18.5 Å². The van der Waals surface area contributed by atoms with Crippen molar-refractivity contribution in [1.29, 1.82) is 0 Å². The lowest BCUT2D eigenvalue weighted by atomic mass is 10.1. The molecule has 0 fully saturated rings. The number of hydrogen-bond acceptors (Lipinski definition) is 4. The Labute approximate surface area is 128 Å². The Balaban J connectivity index is 2.04. The molecule has 0 aliphatic heterocycles. The zero-order valence-electron chi connectivity index (χ0n) is 12.2. The topological polar surface area (TPSA) is 72.7 Å². The first-order chi connectivity index (χ1) is 9.97. The molecule has 0 unspecified atom stereocenters. The number of hydrogen-bond donors (Lipinski definition) is 1. The van der Waals surface area contributed by atoms with Crippen molar-refractivity contribution in [3.8, 4) is 11.4 Å². The van der Waals surface area contributed by atoms with E-state index in [2.05, 4.69) is 20.7 Å². The SMILES string of the molecule is CC(C)[C@H](C)NC(=O)Cn1nnc(-c2ccccc2Cl)n1. The van der Waals surface area contributed by atoms with Gasteiger partial charge in [-0.25, -0.2) is 0 Å². The van der Waals surface area contributed by atoms with Crippen molar-refractivity contribution >= 4 is 17.5 Å². The summed E-state index contributed by atoms with van der Waals surface area (Å²) in [5, 5.41) is 15.4. The van der Waals surface area contributed by atoms with E-state index < -0.39 is 0 Å². The van der Waals surface area contributed by atoms with Crippen molar-refractivity contribution in [3.05, 3.63) is 29.3 Å². The Hall–Kier alpha value is -1.95. The van der Waals surface area contributed by atoms with E-state index in [1.54, 1.807) is 6.07 Å². The molecule has 0 saturated carbocycles. The molecule has 2 rings (SSSR count). The number of aromatic nitrogens is 4. The van der Waals surface area contributed by atoms with Crippen LogP contribution >= 0.6 is 11.6 Å². The summed E-state index contributed by atoms with van der Waals surface area (Å²) in [6.45, 7) is 6.10. The standard InChI is InChI=1S/C14H18ClN5O/c1-9(2)10(3)16-13(21)8-20-18-14(17-19-20)11-6-4-5-7-12(11)15/h4-7,9-10H,8H2,1-3H3,(H,16,21)/t10-/m0/s1. The van der Waals surface area contributed by atoms with Crippen LogP contribution in [0.1, 0.15) is 20.8 Å². The van der Waals surface area contributed by atoms with Crippen LogP contribution in [0, 0.1) is 5.92 Å². The minimum Gasteiger partial charge on any atom is -0.352 e. The van der Waals surface area contributed by atoms with E-state index in [0.29, 0.717) is 22.3 Å². The molecule has 0 radical (unpaired) electrons. The first-order valence-corrected chi connectivity index (χ1v) is 7.17. The Morgan fingerprint density at radius 3 is 2.71 bits per heavy atom. The number of carbonyl (C=O) groups is 1. The lowest BCUT2D eigenvalue weighted by Gasteiger charge is -2.16. The Morgan fingerprint density at radius 2 is 2.05 bits per heavy atom. The zero-order chi connectivity index (χ0) is 15.4. The molecule has 2 aromatic rings. The van der Waals surface area contributed by atoms with Crippen LogP contribution < -0.4 is 5.32 Å². The normalized spacial score (nSPS) is 12.4. The number of halogens is 1. The van der Waals surface area contributed by atoms with E-state index >= 15 is 0 Å². The second-order valence-corrected chi connectivity index (χ2v) is 5.63. The average molecular weight is 308 g/mol. The summed E-state index contributed by atoms with van der Waals surface area (Å²) in [4.78, 5) is 13.1. The van der Waals surface area contributed by atoms with Gasteiger partial charge in [0.05, 0.1) is 5.02 Å². The third-order valence-corrected chi connectivity index (χ3v) is 3.57. The number of rotatable bonds is 5. The van der Waals surface area contributed by atoms with Crippen LogP contribution in [0.2, 0.25) is 5.02 Å². The molecule has 0 bridgehead atoms. The molecule has 21 heavy (non-hydrogen) atoms. The van der Waals surface area contributed by atoms with E-state index in [9.17, 15) is 4.79 Å². The molecule has 0 saturated heterocycles. The molecule has 112 valence electrons. The van der Waals surface area contributed by atoms with Gasteiger partial charge in [0.15, 0.2) is 0 Å². The molecule has 6 nitrogen and oxygen atoms in total. The minimum atomic E-state index is -0.140. The summed E-state index contributed by atoms with van der Waals surface area (Å²) in [6, 6.07) is 7.35. The van der Waals surface area contributed by atoms with Gasteiger partial charge in [0.25, 0.3) is 0 Å². The molecule has 0 spiro atoms. The molecule has 1 amide bonds. The van der Waals surface area contributed by atoms with E-state index in [1.807, 2.05) is 39.0 Å². The van der Waals surface area contributed by atoms with E-state index in [0.717, 1.165) is 0 Å². The van der Waals surface area contributed by atoms with Crippen molar-refractivity contribution in [1.82, 2.24) is 25.5 Å². The number of nitrogens with zero attached hydrogens (tertiary/aromatic N) is 4. The third kappa shape index (κ3) is 4.01. The number of benzene rings is 1. The van der Waals surface area contributed by atoms with Crippen LogP contribution in [0.4, 0.5) is 0 Å². The first-order valence-electron chi connectivity index (χ1n) is 6.79. The van der Waals surface area contributed by atoms with Crippen LogP contribution in [0.5, 0.6) is 0 Å². The van der Waals surface area contributed by atoms with Gasteiger partial charge in [0.1, 0.15) is 6.54 Å². The summed E-state index contributed by atoms with van der Waals surface area (Å²) in [6.07, 6.45) is 0. The predicted molar refractivity (Wildman–Crippen MR) is 80.7 cm³/mol. The van der Waals surface area contributed by atoms with Gasteiger partial charge in [-0.1, -0.05) is 37.6 Å². The molecule has 0 aliphatic rings. The summed E-state index contributed by atoms with van der Waals surface area (Å²) in [5.41, 5.74) is 0.696. The quantitative estimate of drug-likeness (QED) is 0.918. The van der Waals surface area contributed by atoms with Gasteiger partial charge in [0.2, 0.25) is 11.7 Å². The Kier molecular flexibility index (Phi) is 4.90. The molecule has 1 aromatic heterocycles. The van der Waals surface area contributed by atoms with Crippen molar-refractivity contribution in [2.75, 3.05) is 0 Å². The second kappa shape index (κ2) is 6.67. The first kappa shape index (κ1) is 15.4. The number of amides is 1. The highest BCUT2D eigenvalue weighted by molar-refractivity contribution is 6.33. The Bertz CT molecular complexity index is 625. The molecule has 1 heterocycles. The molecule has 1 N–H and O–H groups in total. The molecule has 1 aromatic carbocycles. The van der Waals surface area contributed by atoms with Crippen LogP contribution in [0.15, 0.2) is 24.3 Å². The molecular weight excluding hydrogens is 290 g/mol. The van der Waals surface area contributed by atoms with Gasteiger partial charge in [-0.05, 0) is 30.2 Å². The van der Waals surface area contributed by atoms with Gasteiger partial charge in [0, 0.05) is 11.6 Å². The maximum atomic E-state index is 11.9. The molecule has 0 aliphatic carbocycles. The fourth-order valence-corrected chi connectivity index (χ4v) is 1.88. The van der Waals surface area contributed by atoms with Gasteiger partial charge in [-0.2, -0.15) is 4.80 Å². The van der Waals surface area contributed by atoms with Gasteiger partial charge in [-0.3, -0.25) is 4.79 Å². The largest absolute Gasteiger partial charge is 0.352 e. The fourth-order valence-electron chi connectivity index (χ4n) is 1.66. The lowest BCUT2D eigenvalue weighted by molar-refractivity contribution is -0.123. The van der Waals surface area contributed by atoms with Gasteiger partial charge < -0.3 is 5.32 Å². The predicted octanol–water partition coefficient (Wildman–Crippen LogP) is 2.15. The minimum absolute atomic E-state index is 0.0362. The van der Waals surface area contributed by atoms with Crippen LogP contribution in [0.3, 0.4) is 0 Å². The smallest absolute Gasteiger partial charge is 0.243 e.